The van der Waals surface area contributed by atoms with Gasteiger partial charge in [-0.3, -0.25) is 14.4 Å². The predicted molar refractivity (Wildman–Crippen MR) is 104 cm³/mol. The summed E-state index contributed by atoms with van der Waals surface area (Å²) >= 11 is 0. The SMILES string of the molecule is CC(C)(NC(=O)c1cc(CN)cc(NC(=O)Cc2ccc(F)cc2)c1)C(N)=O. The second-order valence-corrected chi connectivity index (χ2v) is 6.92. The Hall–Kier alpha value is -3.26. The summed E-state index contributed by atoms with van der Waals surface area (Å²) in [5, 5.41) is 5.25. The van der Waals surface area contributed by atoms with Crippen molar-refractivity contribution in [2.75, 3.05) is 5.32 Å². The first-order valence-corrected chi connectivity index (χ1v) is 8.61. The summed E-state index contributed by atoms with van der Waals surface area (Å²) in [6.45, 7) is 3.14. The van der Waals surface area contributed by atoms with Gasteiger partial charge in [0.2, 0.25) is 11.8 Å². The number of nitrogens with two attached hydrogens (primary N) is 2. The number of rotatable bonds is 7. The molecule has 0 heterocycles. The van der Waals surface area contributed by atoms with Crippen molar-refractivity contribution in [3.63, 3.8) is 0 Å². The Labute approximate surface area is 162 Å². The Bertz CT molecular complexity index is 895. The van der Waals surface area contributed by atoms with E-state index in [0.717, 1.165) is 0 Å². The highest BCUT2D eigenvalue weighted by Crippen LogP contribution is 2.17. The number of halogens is 1. The van der Waals surface area contributed by atoms with Crippen molar-refractivity contribution in [2.45, 2.75) is 32.4 Å². The number of benzene rings is 2. The maximum Gasteiger partial charge on any atom is 0.252 e. The van der Waals surface area contributed by atoms with Gasteiger partial charge in [0.05, 0.1) is 6.42 Å². The molecule has 0 saturated heterocycles. The van der Waals surface area contributed by atoms with E-state index < -0.39 is 17.4 Å². The van der Waals surface area contributed by atoms with E-state index in [2.05, 4.69) is 10.6 Å². The number of carbonyl (C=O) groups is 3. The minimum atomic E-state index is -1.23. The maximum atomic E-state index is 13.0. The molecule has 0 saturated carbocycles. The molecule has 148 valence electrons. The highest BCUT2D eigenvalue weighted by atomic mass is 19.1. The molecule has 0 aliphatic rings. The standard InChI is InChI=1S/C20H23FN4O3/c1-20(2,19(23)28)25-18(27)14-7-13(11-22)8-16(10-14)24-17(26)9-12-3-5-15(21)6-4-12/h3-8,10H,9,11,22H2,1-2H3,(H2,23,28)(H,24,26)(H,25,27). The lowest BCUT2D eigenvalue weighted by Crippen LogP contribution is -2.53. The van der Waals surface area contributed by atoms with Crippen LogP contribution in [0.4, 0.5) is 10.1 Å². The van der Waals surface area contributed by atoms with Crippen LogP contribution in [0.15, 0.2) is 42.5 Å². The van der Waals surface area contributed by atoms with Crippen LogP contribution in [-0.4, -0.2) is 23.3 Å². The number of amides is 3. The molecular weight excluding hydrogens is 363 g/mol. The first-order valence-electron chi connectivity index (χ1n) is 8.61. The number of hydrogen-bond donors (Lipinski definition) is 4. The Kier molecular flexibility index (Phi) is 6.48. The van der Waals surface area contributed by atoms with Gasteiger partial charge >= 0.3 is 0 Å². The molecule has 6 N–H and O–H groups in total. The molecule has 8 heteroatoms. The summed E-state index contributed by atoms with van der Waals surface area (Å²) in [7, 11) is 0. The smallest absolute Gasteiger partial charge is 0.252 e. The molecule has 0 aromatic heterocycles. The zero-order valence-electron chi connectivity index (χ0n) is 15.7. The topological polar surface area (TPSA) is 127 Å². The number of anilines is 1. The second kappa shape index (κ2) is 8.62. The fourth-order valence-corrected chi connectivity index (χ4v) is 2.42. The molecule has 2 rings (SSSR count). The molecule has 7 nitrogen and oxygen atoms in total. The molecule has 2 aromatic carbocycles. The van der Waals surface area contributed by atoms with E-state index in [1.165, 1.54) is 44.2 Å². The second-order valence-electron chi connectivity index (χ2n) is 6.92. The van der Waals surface area contributed by atoms with Crippen LogP contribution in [0.5, 0.6) is 0 Å². The summed E-state index contributed by atoms with van der Waals surface area (Å²) in [6.07, 6.45) is 0.0450. The molecule has 2 aromatic rings. The molecule has 0 fully saturated rings. The predicted octanol–water partition coefficient (Wildman–Crippen LogP) is 1.46. The van der Waals surface area contributed by atoms with E-state index in [1.807, 2.05) is 0 Å². The van der Waals surface area contributed by atoms with Crippen LogP contribution in [0.2, 0.25) is 0 Å². The van der Waals surface area contributed by atoms with Crippen molar-refractivity contribution >= 4 is 23.4 Å². The maximum absolute atomic E-state index is 13.0. The molecule has 0 bridgehead atoms. The van der Waals surface area contributed by atoms with Crippen LogP contribution in [0.3, 0.4) is 0 Å². The van der Waals surface area contributed by atoms with Gasteiger partial charge in [0.25, 0.3) is 5.91 Å². The van der Waals surface area contributed by atoms with E-state index in [4.69, 9.17) is 11.5 Å². The van der Waals surface area contributed by atoms with Crippen molar-refractivity contribution in [2.24, 2.45) is 11.5 Å². The highest BCUT2D eigenvalue weighted by molar-refractivity contribution is 6.00. The van der Waals surface area contributed by atoms with Gasteiger partial charge in [-0.2, -0.15) is 0 Å². The molecule has 0 radical (unpaired) electrons. The van der Waals surface area contributed by atoms with Crippen molar-refractivity contribution in [3.8, 4) is 0 Å². The summed E-state index contributed by atoms with van der Waals surface area (Å²) < 4.78 is 13.0. The average Bonchev–Trinajstić information content (AvgIpc) is 2.62. The van der Waals surface area contributed by atoms with E-state index >= 15 is 0 Å². The molecule has 0 spiro atoms. The molecule has 0 atom stereocenters. The number of carbonyl (C=O) groups excluding carboxylic acids is 3. The number of nitrogens with one attached hydrogen (secondary N) is 2. The first kappa shape index (κ1) is 21.0. The van der Waals surface area contributed by atoms with Gasteiger partial charge in [-0.25, -0.2) is 4.39 Å². The van der Waals surface area contributed by atoms with Crippen molar-refractivity contribution < 1.29 is 18.8 Å². The van der Waals surface area contributed by atoms with E-state index in [-0.39, 0.29) is 30.3 Å². The normalized spacial score (nSPS) is 11.0. The van der Waals surface area contributed by atoms with E-state index in [1.54, 1.807) is 12.1 Å². The van der Waals surface area contributed by atoms with Crippen LogP contribution in [0.25, 0.3) is 0 Å². The summed E-state index contributed by atoms with van der Waals surface area (Å²) in [4.78, 5) is 36.2. The van der Waals surface area contributed by atoms with Gasteiger partial charge in [-0.1, -0.05) is 12.1 Å². The lowest BCUT2D eigenvalue weighted by molar-refractivity contribution is -0.122. The molecule has 0 unspecified atom stereocenters. The third-order valence-electron chi connectivity index (χ3n) is 4.09. The van der Waals surface area contributed by atoms with Crippen molar-refractivity contribution in [1.29, 1.82) is 0 Å². The van der Waals surface area contributed by atoms with Gasteiger partial charge in [0.1, 0.15) is 11.4 Å². The number of hydrogen-bond acceptors (Lipinski definition) is 4. The molecule has 0 aliphatic heterocycles. The van der Waals surface area contributed by atoms with Crippen LogP contribution in [0, 0.1) is 5.82 Å². The third-order valence-corrected chi connectivity index (χ3v) is 4.09. The Balaban J connectivity index is 2.17. The summed E-state index contributed by atoms with van der Waals surface area (Å²) in [6, 6.07) is 10.3. The molecular formula is C20H23FN4O3. The van der Waals surface area contributed by atoms with Crippen LogP contribution < -0.4 is 22.1 Å². The van der Waals surface area contributed by atoms with Crippen LogP contribution >= 0.6 is 0 Å². The van der Waals surface area contributed by atoms with Gasteiger partial charge in [0, 0.05) is 17.8 Å². The highest BCUT2D eigenvalue weighted by Gasteiger charge is 2.27. The van der Waals surface area contributed by atoms with Crippen molar-refractivity contribution in [3.05, 3.63) is 65.0 Å². The van der Waals surface area contributed by atoms with Gasteiger partial charge in [0.15, 0.2) is 0 Å². The summed E-state index contributed by atoms with van der Waals surface area (Å²) in [5.74, 6) is -1.91. The zero-order chi connectivity index (χ0) is 20.9. The zero-order valence-corrected chi connectivity index (χ0v) is 15.7. The number of primary amides is 1. The Morgan fingerprint density at radius 3 is 2.25 bits per heavy atom. The van der Waals surface area contributed by atoms with E-state index in [9.17, 15) is 18.8 Å². The third kappa shape index (κ3) is 5.62. The minimum Gasteiger partial charge on any atom is -0.368 e. The minimum absolute atomic E-state index is 0.0450. The van der Waals surface area contributed by atoms with Crippen LogP contribution in [0.1, 0.15) is 35.3 Å². The van der Waals surface area contributed by atoms with Gasteiger partial charge in [-0.05, 0) is 55.3 Å². The molecule has 0 aliphatic carbocycles. The fourth-order valence-electron chi connectivity index (χ4n) is 2.42. The Morgan fingerprint density at radius 1 is 1.04 bits per heavy atom. The lowest BCUT2D eigenvalue weighted by atomic mass is 10.0. The van der Waals surface area contributed by atoms with Gasteiger partial charge < -0.3 is 22.1 Å². The quantitative estimate of drug-likeness (QED) is 0.574. The molecule has 28 heavy (non-hydrogen) atoms. The molecule has 3 amide bonds. The monoisotopic (exact) mass is 386 g/mol. The summed E-state index contributed by atoms with van der Waals surface area (Å²) in [5.41, 5.74) is 11.6. The van der Waals surface area contributed by atoms with Crippen molar-refractivity contribution in [1.82, 2.24) is 5.32 Å². The van der Waals surface area contributed by atoms with E-state index in [0.29, 0.717) is 16.8 Å². The fraction of sp³-hybridized carbons (Fsp3) is 0.250. The Morgan fingerprint density at radius 2 is 1.68 bits per heavy atom. The van der Waals surface area contributed by atoms with Gasteiger partial charge in [-0.15, -0.1) is 0 Å². The first-order chi connectivity index (χ1) is 13.1. The average molecular weight is 386 g/mol. The largest absolute Gasteiger partial charge is 0.368 e. The van der Waals surface area contributed by atoms with Crippen LogP contribution in [-0.2, 0) is 22.6 Å². The lowest BCUT2D eigenvalue weighted by Gasteiger charge is -2.22.